The Morgan fingerprint density at radius 2 is 2.26 bits per heavy atom. The van der Waals surface area contributed by atoms with Crippen molar-refractivity contribution in [2.75, 3.05) is 53.5 Å². The normalized spacial score (nSPS) is 30.3. The molecule has 0 spiro atoms. The van der Waals surface area contributed by atoms with Gasteiger partial charge in [-0.1, -0.05) is 6.92 Å². The lowest BCUT2D eigenvalue weighted by molar-refractivity contribution is 0.155. The molecule has 0 bridgehead atoms. The third kappa shape index (κ3) is 4.15. The number of hydrogen-bond donors (Lipinski definition) is 1. The van der Waals surface area contributed by atoms with Gasteiger partial charge in [-0.05, 0) is 46.4 Å². The maximum atomic E-state index is 5.52. The van der Waals surface area contributed by atoms with Crippen molar-refractivity contribution in [3.8, 4) is 0 Å². The van der Waals surface area contributed by atoms with Crippen LogP contribution >= 0.6 is 0 Å². The van der Waals surface area contributed by atoms with Gasteiger partial charge in [0.15, 0.2) is 0 Å². The van der Waals surface area contributed by atoms with Crippen molar-refractivity contribution in [1.82, 2.24) is 15.1 Å². The van der Waals surface area contributed by atoms with Gasteiger partial charge in [0.2, 0.25) is 0 Å². The minimum atomic E-state index is 0.573. The van der Waals surface area contributed by atoms with Crippen LogP contribution in [0.4, 0.5) is 0 Å². The van der Waals surface area contributed by atoms with Crippen molar-refractivity contribution in [2.24, 2.45) is 5.92 Å². The van der Waals surface area contributed by atoms with Crippen LogP contribution in [0.5, 0.6) is 0 Å². The first-order chi connectivity index (χ1) is 9.24. The molecule has 2 heterocycles. The van der Waals surface area contributed by atoms with E-state index in [1.807, 2.05) is 0 Å². The van der Waals surface area contributed by atoms with Crippen LogP contribution in [-0.2, 0) is 4.74 Å². The lowest BCUT2D eigenvalue weighted by Gasteiger charge is -2.31. The molecule has 4 nitrogen and oxygen atoms in total. The molecule has 1 N–H and O–H groups in total. The molecule has 0 aromatic rings. The van der Waals surface area contributed by atoms with E-state index in [1.165, 1.54) is 38.9 Å². The van der Waals surface area contributed by atoms with Gasteiger partial charge in [0, 0.05) is 37.7 Å². The van der Waals surface area contributed by atoms with Gasteiger partial charge in [0.1, 0.15) is 0 Å². The molecule has 2 rings (SSSR count). The van der Waals surface area contributed by atoms with Gasteiger partial charge < -0.3 is 15.0 Å². The van der Waals surface area contributed by atoms with E-state index in [0.717, 1.165) is 25.8 Å². The Kier molecular flexibility index (Phi) is 6.07. The average molecular weight is 269 g/mol. The van der Waals surface area contributed by atoms with Gasteiger partial charge in [-0.25, -0.2) is 0 Å². The summed E-state index contributed by atoms with van der Waals surface area (Å²) in [7, 11) is 4.36. The highest BCUT2D eigenvalue weighted by atomic mass is 16.5. The van der Waals surface area contributed by atoms with Crippen molar-refractivity contribution in [2.45, 2.75) is 38.3 Å². The molecular weight excluding hydrogens is 238 g/mol. The van der Waals surface area contributed by atoms with Gasteiger partial charge in [-0.2, -0.15) is 0 Å². The van der Waals surface area contributed by atoms with Crippen molar-refractivity contribution in [1.29, 1.82) is 0 Å². The summed E-state index contributed by atoms with van der Waals surface area (Å²) in [5, 5.41) is 3.49. The number of likely N-dealkylation sites (tertiary alicyclic amines) is 1. The molecule has 112 valence electrons. The number of likely N-dealkylation sites (N-methyl/N-ethyl adjacent to an activating group) is 3. The smallest absolute Gasteiger partial charge is 0.0510 e. The Morgan fingerprint density at radius 1 is 1.42 bits per heavy atom. The second-order valence-corrected chi connectivity index (χ2v) is 6.16. The van der Waals surface area contributed by atoms with Crippen molar-refractivity contribution in [3.05, 3.63) is 0 Å². The molecule has 3 atom stereocenters. The summed E-state index contributed by atoms with van der Waals surface area (Å²) in [5.41, 5.74) is 0. The number of hydrogen-bond acceptors (Lipinski definition) is 4. The van der Waals surface area contributed by atoms with E-state index in [1.54, 1.807) is 0 Å². The number of nitrogens with one attached hydrogen (secondary N) is 1. The number of ether oxygens (including phenoxy) is 1. The topological polar surface area (TPSA) is 27.7 Å². The van der Waals surface area contributed by atoms with Crippen molar-refractivity contribution >= 4 is 0 Å². The molecule has 4 heteroatoms. The van der Waals surface area contributed by atoms with E-state index < -0.39 is 0 Å². The Balaban J connectivity index is 1.77. The molecule has 2 aliphatic heterocycles. The number of nitrogens with zero attached hydrogens (tertiary/aromatic N) is 2. The SMILES string of the molecule is CCN1CCCC1CN(C)CC(NC)C1CCOC1. The lowest BCUT2D eigenvalue weighted by Crippen LogP contribution is -2.46. The Labute approximate surface area is 118 Å². The number of rotatable bonds is 7. The zero-order chi connectivity index (χ0) is 13.7. The van der Waals surface area contributed by atoms with E-state index in [-0.39, 0.29) is 0 Å². The molecule has 2 aliphatic rings. The van der Waals surface area contributed by atoms with Gasteiger partial charge in [-0.3, -0.25) is 4.90 Å². The fourth-order valence-corrected chi connectivity index (χ4v) is 3.63. The van der Waals surface area contributed by atoms with Crippen LogP contribution in [-0.4, -0.2) is 75.4 Å². The molecule has 3 unspecified atom stereocenters. The van der Waals surface area contributed by atoms with Crippen LogP contribution in [0.15, 0.2) is 0 Å². The quantitative estimate of drug-likeness (QED) is 0.747. The van der Waals surface area contributed by atoms with Crippen LogP contribution in [0.1, 0.15) is 26.2 Å². The second-order valence-electron chi connectivity index (χ2n) is 6.16. The Morgan fingerprint density at radius 3 is 2.89 bits per heavy atom. The summed E-state index contributed by atoms with van der Waals surface area (Å²) in [4.78, 5) is 5.14. The summed E-state index contributed by atoms with van der Waals surface area (Å²) in [6.45, 7) is 9.00. The van der Waals surface area contributed by atoms with Crippen LogP contribution in [0.2, 0.25) is 0 Å². The minimum absolute atomic E-state index is 0.573. The fraction of sp³-hybridized carbons (Fsp3) is 1.00. The molecule has 2 fully saturated rings. The summed E-state index contributed by atoms with van der Waals surface area (Å²) < 4.78 is 5.52. The van der Waals surface area contributed by atoms with Crippen molar-refractivity contribution < 1.29 is 4.74 Å². The maximum Gasteiger partial charge on any atom is 0.0510 e. The molecule has 19 heavy (non-hydrogen) atoms. The van der Waals surface area contributed by atoms with Crippen LogP contribution in [0, 0.1) is 5.92 Å². The van der Waals surface area contributed by atoms with Crippen LogP contribution < -0.4 is 5.32 Å². The summed E-state index contributed by atoms with van der Waals surface area (Å²) in [6.07, 6.45) is 3.96. The largest absolute Gasteiger partial charge is 0.381 e. The van der Waals surface area contributed by atoms with Gasteiger partial charge >= 0.3 is 0 Å². The lowest BCUT2D eigenvalue weighted by atomic mass is 9.98. The summed E-state index contributed by atoms with van der Waals surface area (Å²) >= 11 is 0. The Bertz CT molecular complexity index is 256. The molecule has 0 amide bonds. The highest BCUT2D eigenvalue weighted by Crippen LogP contribution is 2.20. The predicted octanol–water partition coefficient (Wildman–Crippen LogP) is 1.03. The second kappa shape index (κ2) is 7.58. The minimum Gasteiger partial charge on any atom is -0.381 e. The zero-order valence-corrected chi connectivity index (χ0v) is 12.9. The average Bonchev–Trinajstić information content (AvgIpc) is 3.06. The summed E-state index contributed by atoms with van der Waals surface area (Å²) in [6, 6.07) is 1.34. The van der Waals surface area contributed by atoms with Crippen molar-refractivity contribution in [3.63, 3.8) is 0 Å². The van der Waals surface area contributed by atoms with Gasteiger partial charge in [0.25, 0.3) is 0 Å². The first kappa shape index (κ1) is 15.2. The first-order valence-electron chi connectivity index (χ1n) is 7.92. The summed E-state index contributed by atoms with van der Waals surface area (Å²) in [5.74, 6) is 0.693. The molecular formula is C15H31N3O. The molecule has 0 radical (unpaired) electrons. The standard InChI is InChI=1S/C15H31N3O/c1-4-18-8-5-6-14(18)10-17(3)11-15(16-2)13-7-9-19-12-13/h13-16H,4-12H2,1-3H3. The molecule has 0 aliphatic carbocycles. The highest BCUT2D eigenvalue weighted by Gasteiger charge is 2.28. The fourth-order valence-electron chi connectivity index (χ4n) is 3.63. The molecule has 2 saturated heterocycles. The predicted molar refractivity (Wildman–Crippen MR) is 79.5 cm³/mol. The van der Waals surface area contributed by atoms with Gasteiger partial charge in [-0.15, -0.1) is 0 Å². The third-order valence-corrected chi connectivity index (χ3v) is 4.84. The Hall–Kier alpha value is -0.160. The molecule has 0 saturated carbocycles. The van der Waals surface area contributed by atoms with E-state index in [4.69, 9.17) is 4.74 Å². The first-order valence-corrected chi connectivity index (χ1v) is 7.92. The van der Waals surface area contributed by atoms with E-state index in [2.05, 4.69) is 36.1 Å². The molecule has 0 aromatic heterocycles. The molecule has 0 aromatic carbocycles. The third-order valence-electron chi connectivity index (χ3n) is 4.84. The van der Waals surface area contributed by atoms with Crippen LogP contribution in [0.25, 0.3) is 0 Å². The van der Waals surface area contributed by atoms with E-state index in [0.29, 0.717) is 12.0 Å². The van der Waals surface area contributed by atoms with E-state index >= 15 is 0 Å². The highest BCUT2D eigenvalue weighted by molar-refractivity contribution is 4.84. The zero-order valence-electron chi connectivity index (χ0n) is 12.9. The monoisotopic (exact) mass is 269 g/mol. The van der Waals surface area contributed by atoms with E-state index in [9.17, 15) is 0 Å². The van der Waals surface area contributed by atoms with Gasteiger partial charge in [0.05, 0.1) is 6.61 Å². The maximum absolute atomic E-state index is 5.52. The van der Waals surface area contributed by atoms with Crippen LogP contribution in [0.3, 0.4) is 0 Å².